The molecule has 0 saturated carbocycles. The van der Waals surface area contributed by atoms with E-state index in [0.29, 0.717) is 21.7 Å². The molecule has 3 aromatic heterocycles. The van der Waals surface area contributed by atoms with Crippen LogP contribution in [0.25, 0.3) is 27.7 Å². The maximum atomic E-state index is 13.3. The van der Waals surface area contributed by atoms with Crippen molar-refractivity contribution in [1.82, 2.24) is 19.3 Å². The number of pyridine rings is 1. The number of aromatic nitrogens is 4. The molecule has 0 aliphatic rings. The van der Waals surface area contributed by atoms with Gasteiger partial charge in [0.05, 0.1) is 27.7 Å². The predicted molar refractivity (Wildman–Crippen MR) is 120 cm³/mol. The van der Waals surface area contributed by atoms with Gasteiger partial charge in [-0.25, -0.2) is 18.6 Å². The minimum Gasteiger partial charge on any atom is -0.267 e. The van der Waals surface area contributed by atoms with Crippen LogP contribution >= 0.6 is 23.2 Å². The Morgan fingerprint density at radius 3 is 2.56 bits per heavy atom. The normalized spacial score (nSPS) is 11.2. The standard InChI is InChI=1S/C22H12Cl2FN5O2/c23-13-3-6-15(18(24)9-13)21(31)28-29-8-7-19-17(22(29)32)10-26-20-16(11-27-30(19)20)12-1-4-14(25)5-2-12/h1-11H,(H,28,31). The number of nitrogens with zero attached hydrogens (tertiary/aromatic N) is 4. The minimum atomic E-state index is -0.570. The lowest BCUT2D eigenvalue weighted by Crippen LogP contribution is -2.33. The van der Waals surface area contributed by atoms with Crippen molar-refractivity contribution in [2.75, 3.05) is 5.43 Å². The Hall–Kier alpha value is -3.75. The molecule has 5 rings (SSSR count). The van der Waals surface area contributed by atoms with Crippen LogP contribution in [0.3, 0.4) is 0 Å². The van der Waals surface area contributed by atoms with Crippen molar-refractivity contribution >= 4 is 45.7 Å². The number of carbonyl (C=O) groups excluding carboxylic acids is 1. The van der Waals surface area contributed by atoms with Gasteiger partial charge in [0.2, 0.25) is 0 Å². The Morgan fingerprint density at radius 1 is 1.03 bits per heavy atom. The molecule has 158 valence electrons. The number of amides is 1. The molecule has 32 heavy (non-hydrogen) atoms. The molecule has 1 amide bonds. The van der Waals surface area contributed by atoms with E-state index in [4.69, 9.17) is 23.2 Å². The van der Waals surface area contributed by atoms with Crippen LogP contribution in [0.5, 0.6) is 0 Å². The van der Waals surface area contributed by atoms with Gasteiger partial charge in [-0.05, 0) is 42.0 Å². The van der Waals surface area contributed by atoms with Crippen LogP contribution in [0.1, 0.15) is 10.4 Å². The lowest BCUT2D eigenvalue weighted by Gasteiger charge is -2.11. The van der Waals surface area contributed by atoms with Crippen molar-refractivity contribution in [2.45, 2.75) is 0 Å². The number of rotatable bonds is 3. The van der Waals surface area contributed by atoms with Crippen LogP contribution in [-0.4, -0.2) is 25.2 Å². The summed E-state index contributed by atoms with van der Waals surface area (Å²) in [5.74, 6) is -0.911. The highest BCUT2D eigenvalue weighted by Crippen LogP contribution is 2.25. The molecule has 0 saturated heterocycles. The van der Waals surface area contributed by atoms with Gasteiger partial charge in [0.25, 0.3) is 11.5 Å². The Balaban J connectivity index is 1.55. The van der Waals surface area contributed by atoms with Crippen molar-refractivity contribution in [1.29, 1.82) is 0 Å². The molecule has 0 aliphatic carbocycles. The van der Waals surface area contributed by atoms with E-state index in [1.807, 2.05) is 0 Å². The lowest BCUT2D eigenvalue weighted by molar-refractivity contribution is 0.101. The molecule has 0 atom stereocenters. The van der Waals surface area contributed by atoms with Crippen molar-refractivity contribution in [3.05, 3.63) is 98.9 Å². The van der Waals surface area contributed by atoms with Gasteiger partial charge in [0.15, 0.2) is 5.65 Å². The van der Waals surface area contributed by atoms with Gasteiger partial charge in [-0.1, -0.05) is 35.3 Å². The third-order valence-electron chi connectivity index (χ3n) is 4.95. The summed E-state index contributed by atoms with van der Waals surface area (Å²) in [4.78, 5) is 29.9. The van der Waals surface area contributed by atoms with Gasteiger partial charge in [-0.3, -0.25) is 15.0 Å². The van der Waals surface area contributed by atoms with E-state index >= 15 is 0 Å². The van der Waals surface area contributed by atoms with E-state index in [2.05, 4.69) is 15.5 Å². The molecule has 5 aromatic rings. The molecule has 0 spiro atoms. The van der Waals surface area contributed by atoms with Crippen LogP contribution in [0.2, 0.25) is 10.0 Å². The van der Waals surface area contributed by atoms with E-state index in [1.54, 1.807) is 24.4 Å². The summed E-state index contributed by atoms with van der Waals surface area (Å²) in [7, 11) is 0. The molecule has 7 nitrogen and oxygen atoms in total. The molecule has 0 radical (unpaired) electrons. The highest BCUT2D eigenvalue weighted by atomic mass is 35.5. The Morgan fingerprint density at radius 2 is 1.81 bits per heavy atom. The molecule has 0 unspecified atom stereocenters. The average Bonchev–Trinajstić information content (AvgIpc) is 3.20. The molecular weight excluding hydrogens is 456 g/mol. The van der Waals surface area contributed by atoms with Crippen LogP contribution in [0.15, 0.2) is 71.9 Å². The highest BCUT2D eigenvalue weighted by Gasteiger charge is 2.15. The summed E-state index contributed by atoms with van der Waals surface area (Å²) in [5.41, 5.74) is 4.65. The van der Waals surface area contributed by atoms with Gasteiger partial charge < -0.3 is 0 Å². The summed E-state index contributed by atoms with van der Waals surface area (Å²) in [5, 5.41) is 5.14. The van der Waals surface area contributed by atoms with E-state index in [-0.39, 0.29) is 21.8 Å². The summed E-state index contributed by atoms with van der Waals surface area (Å²) in [6.07, 6.45) is 4.44. The van der Waals surface area contributed by atoms with Crippen LogP contribution < -0.4 is 11.0 Å². The van der Waals surface area contributed by atoms with Crippen LogP contribution in [0.4, 0.5) is 4.39 Å². The molecule has 0 bridgehead atoms. The predicted octanol–water partition coefficient (Wildman–Crippen LogP) is 4.54. The molecular formula is C22H12Cl2FN5O2. The SMILES string of the molecule is O=C(Nn1ccc2c(cnc3c(-c4ccc(F)cc4)cnn32)c1=O)c1ccc(Cl)cc1Cl. The average molecular weight is 468 g/mol. The number of nitrogens with one attached hydrogen (secondary N) is 1. The van der Waals surface area contributed by atoms with E-state index < -0.39 is 11.5 Å². The molecule has 2 aromatic carbocycles. The third kappa shape index (κ3) is 3.39. The molecule has 3 heterocycles. The number of carbonyl (C=O) groups is 1. The smallest absolute Gasteiger partial charge is 0.267 e. The van der Waals surface area contributed by atoms with E-state index in [0.717, 1.165) is 10.2 Å². The maximum absolute atomic E-state index is 13.3. The first kappa shape index (κ1) is 20.2. The van der Waals surface area contributed by atoms with Crippen LogP contribution in [-0.2, 0) is 0 Å². The van der Waals surface area contributed by atoms with Gasteiger partial charge >= 0.3 is 0 Å². The zero-order chi connectivity index (χ0) is 22.4. The second kappa shape index (κ2) is 7.74. The fourth-order valence-corrected chi connectivity index (χ4v) is 3.87. The van der Waals surface area contributed by atoms with Gasteiger partial charge in [0, 0.05) is 23.0 Å². The number of hydrogen-bond donors (Lipinski definition) is 1. The Bertz CT molecular complexity index is 1580. The molecule has 1 N–H and O–H groups in total. The molecule has 10 heteroatoms. The first-order valence-corrected chi connectivity index (χ1v) is 10.1. The second-order valence-electron chi connectivity index (χ2n) is 6.91. The first-order chi connectivity index (χ1) is 15.4. The fourth-order valence-electron chi connectivity index (χ4n) is 3.38. The number of benzene rings is 2. The number of hydrogen-bond acceptors (Lipinski definition) is 4. The minimum absolute atomic E-state index is 0.164. The first-order valence-electron chi connectivity index (χ1n) is 9.33. The van der Waals surface area contributed by atoms with E-state index in [1.165, 1.54) is 47.2 Å². The van der Waals surface area contributed by atoms with Gasteiger partial charge in [-0.2, -0.15) is 5.10 Å². The van der Waals surface area contributed by atoms with E-state index in [9.17, 15) is 14.0 Å². The number of halogens is 3. The number of fused-ring (bicyclic) bond motifs is 3. The summed E-state index contributed by atoms with van der Waals surface area (Å²) in [6.45, 7) is 0. The molecule has 0 fully saturated rings. The van der Waals surface area contributed by atoms with Crippen molar-refractivity contribution in [2.24, 2.45) is 0 Å². The maximum Gasteiger partial charge on any atom is 0.280 e. The van der Waals surface area contributed by atoms with Crippen molar-refractivity contribution in [3.8, 4) is 11.1 Å². The Kier molecular flexibility index (Phi) is 4.88. The largest absolute Gasteiger partial charge is 0.280 e. The summed E-state index contributed by atoms with van der Waals surface area (Å²) >= 11 is 11.9. The third-order valence-corrected chi connectivity index (χ3v) is 5.50. The molecule has 0 aliphatic heterocycles. The zero-order valence-corrected chi connectivity index (χ0v) is 17.6. The van der Waals surface area contributed by atoms with Crippen LogP contribution in [0, 0.1) is 5.82 Å². The summed E-state index contributed by atoms with van der Waals surface area (Å²) < 4.78 is 15.8. The monoisotopic (exact) mass is 467 g/mol. The topological polar surface area (TPSA) is 81.3 Å². The van der Waals surface area contributed by atoms with Crippen molar-refractivity contribution < 1.29 is 9.18 Å². The van der Waals surface area contributed by atoms with Crippen molar-refractivity contribution in [3.63, 3.8) is 0 Å². The Labute approximate surface area is 189 Å². The fraction of sp³-hybridized carbons (Fsp3) is 0. The highest BCUT2D eigenvalue weighted by molar-refractivity contribution is 6.37. The quantitative estimate of drug-likeness (QED) is 0.422. The zero-order valence-electron chi connectivity index (χ0n) is 16.1. The van der Waals surface area contributed by atoms with Gasteiger partial charge in [0.1, 0.15) is 5.82 Å². The summed E-state index contributed by atoms with van der Waals surface area (Å²) in [6, 6.07) is 12.1. The lowest BCUT2D eigenvalue weighted by atomic mass is 10.1. The second-order valence-corrected chi connectivity index (χ2v) is 7.76. The van der Waals surface area contributed by atoms with Gasteiger partial charge in [-0.15, -0.1) is 0 Å².